The molecule has 0 aliphatic heterocycles. The molecule has 1 saturated carbocycles. The first-order valence-corrected chi connectivity index (χ1v) is 7.06. The Morgan fingerprint density at radius 3 is 2.90 bits per heavy atom. The number of aromatic nitrogens is 2. The molecule has 2 rings (SSSR count). The summed E-state index contributed by atoms with van der Waals surface area (Å²) in [4.78, 5) is 10.9. The molecular formula is C14H23N5O. The molecule has 6 nitrogen and oxygen atoms in total. The summed E-state index contributed by atoms with van der Waals surface area (Å²) in [5.41, 5.74) is 1.09. The van der Waals surface area contributed by atoms with Crippen LogP contribution in [0.25, 0.3) is 0 Å². The maximum Gasteiger partial charge on any atom is 0.248 e. The minimum absolute atomic E-state index is 0.405. The van der Waals surface area contributed by atoms with Gasteiger partial charge in [-0.1, -0.05) is 17.3 Å². The second-order valence-corrected chi connectivity index (χ2v) is 5.30. The van der Waals surface area contributed by atoms with Crippen LogP contribution in [0, 0.1) is 0 Å². The van der Waals surface area contributed by atoms with E-state index in [0.29, 0.717) is 18.4 Å². The van der Waals surface area contributed by atoms with Gasteiger partial charge in [0.05, 0.1) is 0 Å². The van der Waals surface area contributed by atoms with Gasteiger partial charge in [-0.25, -0.2) is 4.99 Å². The highest BCUT2D eigenvalue weighted by Crippen LogP contribution is 2.38. The van der Waals surface area contributed by atoms with Crippen molar-refractivity contribution in [1.82, 2.24) is 20.4 Å². The van der Waals surface area contributed by atoms with Gasteiger partial charge in [0.15, 0.2) is 11.8 Å². The summed E-state index contributed by atoms with van der Waals surface area (Å²) in [6, 6.07) is 0. The number of guanidine groups is 1. The lowest BCUT2D eigenvalue weighted by Crippen LogP contribution is -2.39. The third-order valence-electron chi connectivity index (χ3n) is 2.99. The molecular weight excluding hydrogens is 254 g/mol. The standard InChI is InChI=1S/C14H23N5O/c1-5-15-14(19(4)9-10(2)3)16-8-12-17-13(18-20-12)11-6-7-11/h11H,2,5-9H2,1,3-4H3,(H,15,16). The first-order valence-electron chi connectivity index (χ1n) is 7.06. The summed E-state index contributed by atoms with van der Waals surface area (Å²) in [7, 11) is 1.99. The molecule has 6 heteroatoms. The van der Waals surface area contributed by atoms with Gasteiger partial charge in [0, 0.05) is 26.1 Å². The highest BCUT2D eigenvalue weighted by molar-refractivity contribution is 5.79. The van der Waals surface area contributed by atoms with E-state index in [2.05, 4.69) is 27.0 Å². The number of likely N-dealkylation sites (N-methyl/N-ethyl adjacent to an activating group) is 1. The van der Waals surface area contributed by atoms with Crippen LogP contribution in [0.1, 0.15) is 44.3 Å². The maximum atomic E-state index is 5.22. The van der Waals surface area contributed by atoms with Gasteiger partial charge in [0.1, 0.15) is 6.54 Å². The lowest BCUT2D eigenvalue weighted by atomic mass is 10.3. The first-order chi connectivity index (χ1) is 9.60. The van der Waals surface area contributed by atoms with Crippen molar-refractivity contribution in [2.45, 2.75) is 39.2 Å². The van der Waals surface area contributed by atoms with Crippen molar-refractivity contribution in [2.24, 2.45) is 4.99 Å². The summed E-state index contributed by atoms with van der Waals surface area (Å²) >= 11 is 0. The number of aliphatic imine (C=N–C) groups is 1. The molecule has 1 fully saturated rings. The van der Waals surface area contributed by atoms with Crippen LogP contribution in [0.5, 0.6) is 0 Å². The Kier molecular flexibility index (Phi) is 4.76. The molecule has 1 aliphatic carbocycles. The number of hydrogen-bond acceptors (Lipinski definition) is 4. The molecule has 0 saturated heterocycles. The predicted octanol–water partition coefficient (Wildman–Crippen LogP) is 1.92. The van der Waals surface area contributed by atoms with Crippen LogP contribution in [-0.4, -0.2) is 41.1 Å². The van der Waals surface area contributed by atoms with Gasteiger partial charge in [0.2, 0.25) is 5.89 Å². The Bertz CT molecular complexity index is 490. The summed E-state index contributed by atoms with van der Waals surface area (Å²) in [6.07, 6.45) is 2.35. The van der Waals surface area contributed by atoms with Crippen LogP contribution in [-0.2, 0) is 6.54 Å². The normalized spacial score (nSPS) is 15.2. The lowest BCUT2D eigenvalue weighted by Gasteiger charge is -2.21. The third-order valence-corrected chi connectivity index (χ3v) is 2.99. The predicted molar refractivity (Wildman–Crippen MR) is 78.5 cm³/mol. The van der Waals surface area contributed by atoms with Crippen LogP contribution in [0.2, 0.25) is 0 Å². The maximum absolute atomic E-state index is 5.22. The molecule has 0 spiro atoms. The molecule has 1 aromatic heterocycles. The minimum atomic E-state index is 0.405. The Balaban J connectivity index is 1.97. The van der Waals surface area contributed by atoms with E-state index in [1.165, 1.54) is 12.8 Å². The molecule has 0 unspecified atom stereocenters. The van der Waals surface area contributed by atoms with Crippen molar-refractivity contribution < 1.29 is 4.52 Å². The quantitative estimate of drug-likeness (QED) is 0.489. The fourth-order valence-electron chi connectivity index (χ4n) is 1.93. The van der Waals surface area contributed by atoms with E-state index < -0.39 is 0 Å². The van der Waals surface area contributed by atoms with E-state index in [0.717, 1.165) is 30.4 Å². The molecule has 0 bridgehead atoms. The second-order valence-electron chi connectivity index (χ2n) is 5.30. The molecule has 1 heterocycles. The van der Waals surface area contributed by atoms with Crippen molar-refractivity contribution in [1.29, 1.82) is 0 Å². The smallest absolute Gasteiger partial charge is 0.248 e. The van der Waals surface area contributed by atoms with Gasteiger partial charge in [-0.2, -0.15) is 4.98 Å². The lowest BCUT2D eigenvalue weighted by molar-refractivity contribution is 0.374. The van der Waals surface area contributed by atoms with Crippen LogP contribution in [0.15, 0.2) is 21.7 Å². The molecule has 1 aliphatic rings. The topological polar surface area (TPSA) is 66.5 Å². The number of nitrogens with one attached hydrogen (secondary N) is 1. The Morgan fingerprint density at radius 1 is 1.55 bits per heavy atom. The van der Waals surface area contributed by atoms with E-state index >= 15 is 0 Å². The van der Waals surface area contributed by atoms with Gasteiger partial charge in [-0.15, -0.1) is 0 Å². The molecule has 0 atom stereocenters. The van der Waals surface area contributed by atoms with Crippen LogP contribution >= 0.6 is 0 Å². The zero-order valence-electron chi connectivity index (χ0n) is 12.5. The van der Waals surface area contributed by atoms with Crippen molar-refractivity contribution in [2.75, 3.05) is 20.1 Å². The Hall–Kier alpha value is -1.85. The average molecular weight is 277 g/mol. The number of hydrogen-bond donors (Lipinski definition) is 1. The molecule has 0 amide bonds. The highest BCUT2D eigenvalue weighted by Gasteiger charge is 2.28. The van der Waals surface area contributed by atoms with Gasteiger partial charge in [-0.3, -0.25) is 0 Å². The monoisotopic (exact) mass is 277 g/mol. The molecule has 0 aromatic carbocycles. The van der Waals surface area contributed by atoms with Gasteiger partial charge in [-0.05, 0) is 26.7 Å². The first kappa shape index (κ1) is 14.6. The molecule has 1 N–H and O–H groups in total. The van der Waals surface area contributed by atoms with Gasteiger partial charge in [0.25, 0.3) is 0 Å². The summed E-state index contributed by atoms with van der Waals surface area (Å²) in [6.45, 7) is 9.95. The van der Waals surface area contributed by atoms with Gasteiger partial charge < -0.3 is 14.7 Å². The van der Waals surface area contributed by atoms with Crippen molar-refractivity contribution in [3.63, 3.8) is 0 Å². The van der Waals surface area contributed by atoms with E-state index in [1.807, 2.05) is 25.8 Å². The van der Waals surface area contributed by atoms with Crippen LogP contribution in [0.4, 0.5) is 0 Å². The average Bonchev–Trinajstić information content (AvgIpc) is 3.13. The third kappa shape index (κ3) is 4.08. The Morgan fingerprint density at radius 2 is 2.30 bits per heavy atom. The zero-order valence-corrected chi connectivity index (χ0v) is 12.5. The molecule has 110 valence electrons. The number of rotatable bonds is 6. The van der Waals surface area contributed by atoms with E-state index in [1.54, 1.807) is 0 Å². The van der Waals surface area contributed by atoms with Crippen LogP contribution in [0.3, 0.4) is 0 Å². The SMILES string of the molecule is C=C(C)CN(C)C(=NCc1nc(C2CC2)no1)NCC. The zero-order chi connectivity index (χ0) is 14.5. The van der Waals surface area contributed by atoms with E-state index in [-0.39, 0.29) is 0 Å². The fraction of sp³-hybridized carbons (Fsp3) is 0.643. The van der Waals surface area contributed by atoms with Crippen molar-refractivity contribution >= 4 is 5.96 Å². The largest absolute Gasteiger partial charge is 0.357 e. The molecule has 20 heavy (non-hydrogen) atoms. The summed E-state index contributed by atoms with van der Waals surface area (Å²) in [5.74, 6) is 2.74. The summed E-state index contributed by atoms with van der Waals surface area (Å²) < 4.78 is 5.22. The van der Waals surface area contributed by atoms with Crippen molar-refractivity contribution in [3.05, 3.63) is 23.9 Å². The number of nitrogens with zero attached hydrogens (tertiary/aromatic N) is 4. The second kappa shape index (κ2) is 6.54. The minimum Gasteiger partial charge on any atom is -0.357 e. The van der Waals surface area contributed by atoms with Gasteiger partial charge >= 0.3 is 0 Å². The van der Waals surface area contributed by atoms with Crippen LogP contribution < -0.4 is 5.32 Å². The highest BCUT2D eigenvalue weighted by atomic mass is 16.5. The van der Waals surface area contributed by atoms with E-state index in [4.69, 9.17) is 4.52 Å². The molecule has 0 radical (unpaired) electrons. The van der Waals surface area contributed by atoms with E-state index in [9.17, 15) is 0 Å². The summed E-state index contributed by atoms with van der Waals surface area (Å²) in [5, 5.41) is 7.24. The molecule has 1 aromatic rings. The Labute approximate surface area is 120 Å². The van der Waals surface area contributed by atoms with Crippen molar-refractivity contribution in [3.8, 4) is 0 Å². The fourth-order valence-corrected chi connectivity index (χ4v) is 1.93.